The van der Waals surface area contributed by atoms with Gasteiger partial charge in [-0.1, -0.05) is 13.0 Å². The average Bonchev–Trinajstić information content (AvgIpc) is 3.00. The second kappa shape index (κ2) is 6.37. The van der Waals surface area contributed by atoms with Crippen LogP contribution in [-0.2, 0) is 13.1 Å². The van der Waals surface area contributed by atoms with Crippen LogP contribution < -0.4 is 15.2 Å². The summed E-state index contributed by atoms with van der Waals surface area (Å²) in [6.45, 7) is 6.10. The van der Waals surface area contributed by atoms with Crippen LogP contribution in [-0.4, -0.2) is 24.7 Å². The molecule has 5 heteroatoms. The molecule has 0 saturated carbocycles. The van der Waals surface area contributed by atoms with E-state index < -0.39 is 0 Å². The molecule has 3 rings (SSSR count). The minimum Gasteiger partial charge on any atom is -0.486 e. The van der Waals surface area contributed by atoms with E-state index in [2.05, 4.69) is 29.3 Å². The fourth-order valence-corrected chi connectivity index (χ4v) is 3.17. The van der Waals surface area contributed by atoms with Gasteiger partial charge in [-0.2, -0.15) is 0 Å². The fourth-order valence-electron chi connectivity index (χ4n) is 2.43. The molecule has 1 aliphatic rings. The number of nitrogens with zero attached hydrogens (tertiary/aromatic N) is 1. The summed E-state index contributed by atoms with van der Waals surface area (Å²) in [4.78, 5) is 3.74. The van der Waals surface area contributed by atoms with Gasteiger partial charge in [-0.15, -0.1) is 11.3 Å². The number of anilines is 1. The number of fused-ring (bicyclic) bond motifs is 1. The zero-order valence-electron chi connectivity index (χ0n) is 12.2. The lowest BCUT2D eigenvalue weighted by Gasteiger charge is -2.23. The Balaban J connectivity index is 1.76. The highest BCUT2D eigenvalue weighted by Crippen LogP contribution is 2.35. The monoisotopic (exact) mass is 304 g/mol. The summed E-state index contributed by atoms with van der Waals surface area (Å²) in [5.41, 5.74) is 8.02. The second-order valence-corrected chi connectivity index (χ2v) is 6.11. The second-order valence-electron chi connectivity index (χ2n) is 5.08. The molecule has 1 aromatic carbocycles. The Morgan fingerprint density at radius 3 is 2.62 bits per heavy atom. The highest BCUT2D eigenvalue weighted by atomic mass is 32.1. The molecule has 0 saturated heterocycles. The van der Waals surface area contributed by atoms with Gasteiger partial charge in [-0.25, -0.2) is 0 Å². The molecule has 0 unspecified atom stereocenters. The first-order valence-electron chi connectivity index (χ1n) is 7.19. The van der Waals surface area contributed by atoms with Crippen molar-refractivity contribution in [2.24, 2.45) is 0 Å². The first-order valence-corrected chi connectivity index (χ1v) is 8.07. The standard InChI is InChI=1S/C16H20N2O2S/c1-2-18(11-13-4-3-7-21-13)10-12-8-15-16(9-14(12)17)20-6-5-19-15/h3-4,7-9H,2,5-6,10-11,17H2,1H3. The number of hydrogen-bond donors (Lipinski definition) is 1. The quantitative estimate of drug-likeness (QED) is 0.862. The summed E-state index contributed by atoms with van der Waals surface area (Å²) in [5.74, 6) is 1.56. The van der Waals surface area contributed by atoms with Gasteiger partial charge in [-0.3, -0.25) is 4.90 Å². The summed E-state index contributed by atoms with van der Waals surface area (Å²) in [5, 5.41) is 2.11. The Hall–Kier alpha value is -1.72. The molecular weight excluding hydrogens is 284 g/mol. The average molecular weight is 304 g/mol. The van der Waals surface area contributed by atoms with Crippen molar-refractivity contribution < 1.29 is 9.47 Å². The SMILES string of the molecule is CCN(Cc1cccs1)Cc1cc2c(cc1N)OCCO2. The molecule has 2 aromatic rings. The molecule has 0 spiro atoms. The minimum atomic E-state index is 0.589. The van der Waals surface area contributed by atoms with Crippen molar-refractivity contribution in [3.63, 3.8) is 0 Å². The minimum absolute atomic E-state index is 0.589. The molecule has 112 valence electrons. The number of rotatable bonds is 5. The predicted molar refractivity (Wildman–Crippen MR) is 86.0 cm³/mol. The fraction of sp³-hybridized carbons (Fsp3) is 0.375. The maximum absolute atomic E-state index is 6.16. The Morgan fingerprint density at radius 2 is 1.95 bits per heavy atom. The Bertz CT molecular complexity index is 599. The van der Waals surface area contributed by atoms with E-state index in [1.54, 1.807) is 11.3 Å². The van der Waals surface area contributed by atoms with Gasteiger partial charge in [0, 0.05) is 29.7 Å². The first kappa shape index (κ1) is 14.2. The summed E-state index contributed by atoms with van der Waals surface area (Å²) >= 11 is 1.79. The maximum atomic E-state index is 6.16. The van der Waals surface area contributed by atoms with Gasteiger partial charge in [0.25, 0.3) is 0 Å². The lowest BCUT2D eigenvalue weighted by Crippen LogP contribution is -2.23. The van der Waals surface area contributed by atoms with Crippen LogP contribution in [0.1, 0.15) is 17.4 Å². The van der Waals surface area contributed by atoms with Crippen LogP contribution in [0.2, 0.25) is 0 Å². The molecule has 0 amide bonds. The number of hydrogen-bond acceptors (Lipinski definition) is 5. The van der Waals surface area contributed by atoms with Crippen LogP contribution in [0.25, 0.3) is 0 Å². The van der Waals surface area contributed by atoms with Crippen molar-refractivity contribution in [3.05, 3.63) is 40.1 Å². The van der Waals surface area contributed by atoms with Crippen LogP contribution in [0.15, 0.2) is 29.6 Å². The summed E-state index contributed by atoms with van der Waals surface area (Å²) in [6, 6.07) is 8.15. The number of thiophene rings is 1. The van der Waals surface area contributed by atoms with Crippen LogP contribution in [0, 0.1) is 0 Å². The molecule has 21 heavy (non-hydrogen) atoms. The number of nitrogens with two attached hydrogens (primary N) is 1. The van der Waals surface area contributed by atoms with Gasteiger partial charge in [-0.05, 0) is 29.6 Å². The van der Waals surface area contributed by atoms with Gasteiger partial charge in [0.05, 0.1) is 0 Å². The number of ether oxygens (including phenoxy) is 2. The molecule has 0 fully saturated rings. The molecule has 2 heterocycles. The smallest absolute Gasteiger partial charge is 0.163 e. The van der Waals surface area contributed by atoms with Crippen molar-refractivity contribution in [2.75, 3.05) is 25.5 Å². The van der Waals surface area contributed by atoms with Gasteiger partial charge >= 0.3 is 0 Å². The number of benzene rings is 1. The molecule has 4 nitrogen and oxygen atoms in total. The van der Waals surface area contributed by atoms with Crippen molar-refractivity contribution in [2.45, 2.75) is 20.0 Å². The third kappa shape index (κ3) is 3.31. The summed E-state index contributed by atoms with van der Waals surface area (Å²) < 4.78 is 11.2. The van der Waals surface area contributed by atoms with E-state index in [4.69, 9.17) is 15.2 Å². The molecule has 2 N–H and O–H groups in total. The topological polar surface area (TPSA) is 47.7 Å². The van der Waals surface area contributed by atoms with Gasteiger partial charge in [0.2, 0.25) is 0 Å². The Kier molecular flexibility index (Phi) is 4.31. The van der Waals surface area contributed by atoms with Crippen molar-refractivity contribution in [3.8, 4) is 11.5 Å². The molecule has 0 atom stereocenters. The van der Waals surface area contributed by atoms with E-state index in [0.717, 1.165) is 42.4 Å². The Labute approximate surface area is 129 Å². The van der Waals surface area contributed by atoms with Gasteiger partial charge in [0.1, 0.15) is 13.2 Å². The Morgan fingerprint density at radius 1 is 1.19 bits per heavy atom. The van der Waals surface area contributed by atoms with E-state index in [1.807, 2.05) is 12.1 Å². The highest BCUT2D eigenvalue weighted by molar-refractivity contribution is 7.09. The summed E-state index contributed by atoms with van der Waals surface area (Å²) in [7, 11) is 0. The maximum Gasteiger partial charge on any atom is 0.163 e. The zero-order valence-corrected chi connectivity index (χ0v) is 13.0. The summed E-state index contributed by atoms with van der Waals surface area (Å²) in [6.07, 6.45) is 0. The van der Waals surface area contributed by atoms with Crippen molar-refractivity contribution in [1.82, 2.24) is 4.90 Å². The third-order valence-corrected chi connectivity index (χ3v) is 4.47. The van der Waals surface area contributed by atoms with Crippen LogP contribution in [0.4, 0.5) is 5.69 Å². The van der Waals surface area contributed by atoms with E-state index in [9.17, 15) is 0 Å². The van der Waals surface area contributed by atoms with Crippen LogP contribution >= 0.6 is 11.3 Å². The molecule has 1 aromatic heterocycles. The largest absolute Gasteiger partial charge is 0.486 e. The first-order chi connectivity index (χ1) is 10.3. The van der Waals surface area contributed by atoms with Crippen LogP contribution in [0.3, 0.4) is 0 Å². The highest BCUT2D eigenvalue weighted by Gasteiger charge is 2.16. The van der Waals surface area contributed by atoms with Gasteiger partial charge < -0.3 is 15.2 Å². The van der Waals surface area contributed by atoms with E-state index in [0.29, 0.717) is 13.2 Å². The van der Waals surface area contributed by atoms with E-state index >= 15 is 0 Å². The lowest BCUT2D eigenvalue weighted by molar-refractivity contribution is 0.171. The van der Waals surface area contributed by atoms with Crippen molar-refractivity contribution in [1.29, 1.82) is 0 Å². The van der Waals surface area contributed by atoms with E-state index in [1.165, 1.54) is 4.88 Å². The van der Waals surface area contributed by atoms with E-state index in [-0.39, 0.29) is 0 Å². The predicted octanol–water partition coefficient (Wildman–Crippen LogP) is 3.12. The number of nitrogen functional groups attached to an aromatic ring is 1. The molecular formula is C16H20N2O2S. The molecule has 0 aliphatic carbocycles. The molecule has 1 aliphatic heterocycles. The molecule has 0 radical (unpaired) electrons. The lowest BCUT2D eigenvalue weighted by atomic mass is 10.1. The normalized spacial score (nSPS) is 13.6. The van der Waals surface area contributed by atoms with Gasteiger partial charge in [0.15, 0.2) is 11.5 Å². The van der Waals surface area contributed by atoms with Crippen molar-refractivity contribution >= 4 is 17.0 Å². The third-order valence-electron chi connectivity index (χ3n) is 3.60. The zero-order chi connectivity index (χ0) is 14.7. The van der Waals surface area contributed by atoms with Crippen LogP contribution in [0.5, 0.6) is 11.5 Å². The molecule has 0 bridgehead atoms.